The predicted octanol–water partition coefficient (Wildman–Crippen LogP) is 6.51. The van der Waals surface area contributed by atoms with Gasteiger partial charge >= 0.3 is 0 Å². The van der Waals surface area contributed by atoms with E-state index in [2.05, 4.69) is 5.32 Å². The monoisotopic (exact) mass is 566 g/mol. The Balaban J connectivity index is 1.42. The lowest BCUT2D eigenvalue weighted by Gasteiger charge is -2.14. The zero-order valence-corrected chi connectivity index (χ0v) is 23.4. The predicted molar refractivity (Wildman–Crippen MR) is 158 cm³/mol. The summed E-state index contributed by atoms with van der Waals surface area (Å²) in [7, 11) is 0. The van der Waals surface area contributed by atoms with Crippen molar-refractivity contribution in [2.45, 2.75) is 20.3 Å². The minimum absolute atomic E-state index is 0.109. The van der Waals surface area contributed by atoms with Crippen LogP contribution in [0.15, 0.2) is 71.6 Å². The van der Waals surface area contributed by atoms with Gasteiger partial charge in [0.1, 0.15) is 4.32 Å². The van der Waals surface area contributed by atoms with Gasteiger partial charge in [-0.2, -0.15) is 0 Å². The number of ether oxygens (including phenoxy) is 2. The van der Waals surface area contributed by atoms with Crippen LogP contribution in [0.25, 0.3) is 6.08 Å². The van der Waals surface area contributed by atoms with Crippen LogP contribution in [0.1, 0.15) is 23.6 Å². The highest BCUT2D eigenvalue weighted by Crippen LogP contribution is 2.35. The highest BCUT2D eigenvalue weighted by Gasteiger charge is 2.31. The van der Waals surface area contributed by atoms with E-state index in [-0.39, 0.29) is 18.4 Å². The van der Waals surface area contributed by atoms with Crippen molar-refractivity contribution in [1.82, 2.24) is 4.90 Å². The molecule has 38 heavy (non-hydrogen) atoms. The van der Waals surface area contributed by atoms with E-state index in [9.17, 15) is 9.59 Å². The molecule has 1 aliphatic rings. The molecule has 0 bridgehead atoms. The molecule has 196 valence electrons. The molecule has 0 saturated carbocycles. The van der Waals surface area contributed by atoms with Crippen molar-refractivity contribution in [3.8, 4) is 11.5 Å². The maximum Gasteiger partial charge on any atom is 0.266 e. The third-order valence-corrected chi connectivity index (χ3v) is 7.59. The molecule has 2 amide bonds. The van der Waals surface area contributed by atoms with E-state index < -0.39 is 0 Å². The average Bonchev–Trinajstić information content (AvgIpc) is 3.17. The summed E-state index contributed by atoms with van der Waals surface area (Å²) < 4.78 is 12.1. The molecule has 1 aliphatic heterocycles. The quantitative estimate of drug-likeness (QED) is 0.223. The van der Waals surface area contributed by atoms with Gasteiger partial charge in [0.25, 0.3) is 11.8 Å². The number of halogens is 1. The van der Waals surface area contributed by atoms with Gasteiger partial charge in [-0.05, 0) is 67.3 Å². The molecule has 0 unspecified atom stereocenters. The fourth-order valence-electron chi connectivity index (χ4n) is 3.80. The standard InChI is InChI=1S/C29H27ClN2O4S2/c1-3-35-25-16-21(12-13-24(25)36-18-27(33)31-23-11-7-10-22(30)19(23)2)17-26-28(34)32(29(37)38-26)15-14-20-8-5-4-6-9-20/h4-13,16-17H,3,14-15,18H2,1-2H3,(H,31,33)/b26-17-. The number of benzene rings is 3. The average molecular weight is 567 g/mol. The van der Waals surface area contributed by atoms with E-state index in [0.717, 1.165) is 23.1 Å². The molecule has 1 heterocycles. The van der Waals surface area contributed by atoms with Gasteiger partial charge < -0.3 is 14.8 Å². The Morgan fingerprint density at radius 3 is 2.63 bits per heavy atom. The molecule has 4 rings (SSSR count). The van der Waals surface area contributed by atoms with Gasteiger partial charge in [0.2, 0.25) is 0 Å². The Morgan fingerprint density at radius 1 is 1.08 bits per heavy atom. The molecule has 3 aromatic carbocycles. The lowest BCUT2D eigenvalue weighted by molar-refractivity contribution is -0.122. The highest BCUT2D eigenvalue weighted by molar-refractivity contribution is 8.26. The third-order valence-electron chi connectivity index (χ3n) is 5.81. The molecule has 0 aliphatic carbocycles. The number of rotatable bonds is 10. The van der Waals surface area contributed by atoms with E-state index in [1.54, 1.807) is 41.3 Å². The molecule has 1 fully saturated rings. The first kappa shape index (κ1) is 27.7. The van der Waals surface area contributed by atoms with Crippen molar-refractivity contribution in [2.75, 3.05) is 25.1 Å². The van der Waals surface area contributed by atoms with Crippen molar-refractivity contribution in [3.05, 3.63) is 93.3 Å². The number of thioether (sulfide) groups is 1. The van der Waals surface area contributed by atoms with Gasteiger partial charge in [-0.1, -0.05) is 78.0 Å². The second-order valence-corrected chi connectivity index (χ2v) is 10.5. The van der Waals surface area contributed by atoms with E-state index in [4.69, 9.17) is 33.3 Å². The van der Waals surface area contributed by atoms with Crippen LogP contribution in [0.5, 0.6) is 11.5 Å². The van der Waals surface area contributed by atoms with Crippen LogP contribution in [0.3, 0.4) is 0 Å². The topological polar surface area (TPSA) is 67.9 Å². The Morgan fingerprint density at radius 2 is 1.87 bits per heavy atom. The smallest absolute Gasteiger partial charge is 0.266 e. The number of carbonyl (C=O) groups excluding carboxylic acids is 2. The molecular weight excluding hydrogens is 540 g/mol. The van der Waals surface area contributed by atoms with Crippen LogP contribution in [-0.4, -0.2) is 40.8 Å². The SMILES string of the molecule is CCOc1cc(/C=C2\SC(=S)N(CCc3ccccc3)C2=O)ccc1OCC(=O)Nc1cccc(Cl)c1C. The number of hydrogen-bond acceptors (Lipinski definition) is 6. The number of hydrogen-bond donors (Lipinski definition) is 1. The molecular formula is C29H27ClN2O4S2. The number of carbonyl (C=O) groups is 2. The fraction of sp³-hybridized carbons (Fsp3) is 0.207. The van der Waals surface area contributed by atoms with E-state index in [1.807, 2.05) is 50.2 Å². The normalized spacial score (nSPS) is 14.2. The van der Waals surface area contributed by atoms with E-state index in [1.165, 1.54) is 11.8 Å². The van der Waals surface area contributed by atoms with Crippen LogP contribution in [0, 0.1) is 6.92 Å². The number of amides is 2. The number of nitrogens with zero attached hydrogens (tertiary/aromatic N) is 1. The number of nitrogens with one attached hydrogen (secondary N) is 1. The highest BCUT2D eigenvalue weighted by atomic mass is 35.5. The van der Waals surface area contributed by atoms with Gasteiger partial charge in [-0.25, -0.2) is 0 Å². The molecule has 0 radical (unpaired) electrons. The lowest BCUT2D eigenvalue weighted by Crippen LogP contribution is -2.30. The molecule has 6 nitrogen and oxygen atoms in total. The summed E-state index contributed by atoms with van der Waals surface area (Å²) in [4.78, 5) is 27.7. The van der Waals surface area contributed by atoms with Crippen LogP contribution in [-0.2, 0) is 16.0 Å². The summed E-state index contributed by atoms with van der Waals surface area (Å²) in [6, 6.07) is 20.6. The van der Waals surface area contributed by atoms with Crippen molar-refractivity contribution in [3.63, 3.8) is 0 Å². The summed E-state index contributed by atoms with van der Waals surface area (Å²) in [5, 5.41) is 3.39. The van der Waals surface area contributed by atoms with Crippen molar-refractivity contribution < 1.29 is 19.1 Å². The van der Waals surface area contributed by atoms with Crippen LogP contribution in [0.4, 0.5) is 5.69 Å². The molecule has 0 aromatic heterocycles. The van der Waals surface area contributed by atoms with Crippen LogP contribution in [0.2, 0.25) is 5.02 Å². The Labute approximate surface area is 237 Å². The minimum Gasteiger partial charge on any atom is -0.490 e. The molecule has 1 saturated heterocycles. The summed E-state index contributed by atoms with van der Waals surface area (Å²) in [5.74, 6) is 0.480. The minimum atomic E-state index is -0.318. The maximum absolute atomic E-state index is 13.0. The van der Waals surface area contributed by atoms with E-state index in [0.29, 0.717) is 44.6 Å². The van der Waals surface area contributed by atoms with Crippen molar-refractivity contribution in [2.24, 2.45) is 0 Å². The zero-order chi connectivity index (χ0) is 27.1. The van der Waals surface area contributed by atoms with Gasteiger partial charge in [0.15, 0.2) is 18.1 Å². The fourth-order valence-corrected chi connectivity index (χ4v) is 5.29. The first-order valence-electron chi connectivity index (χ1n) is 12.1. The Hall–Kier alpha value is -3.33. The van der Waals surface area contributed by atoms with Gasteiger partial charge in [0.05, 0.1) is 11.5 Å². The number of thiocarbonyl (C=S) groups is 1. The first-order chi connectivity index (χ1) is 18.4. The van der Waals surface area contributed by atoms with Crippen molar-refractivity contribution in [1.29, 1.82) is 0 Å². The summed E-state index contributed by atoms with van der Waals surface area (Å²) in [6.45, 7) is 4.44. The number of anilines is 1. The zero-order valence-electron chi connectivity index (χ0n) is 21.0. The molecule has 1 N–H and O–H groups in total. The largest absolute Gasteiger partial charge is 0.490 e. The van der Waals surface area contributed by atoms with Gasteiger partial charge in [0, 0.05) is 17.3 Å². The lowest BCUT2D eigenvalue weighted by atomic mass is 10.1. The van der Waals surface area contributed by atoms with Crippen LogP contribution < -0.4 is 14.8 Å². The molecule has 3 aromatic rings. The molecule has 9 heteroatoms. The summed E-state index contributed by atoms with van der Waals surface area (Å²) in [5.41, 5.74) is 3.34. The second kappa shape index (κ2) is 13.0. The van der Waals surface area contributed by atoms with E-state index >= 15 is 0 Å². The Bertz CT molecular complexity index is 1380. The van der Waals surface area contributed by atoms with Gasteiger partial charge in [-0.3, -0.25) is 14.5 Å². The molecule has 0 atom stereocenters. The summed E-state index contributed by atoms with van der Waals surface area (Å²) in [6.07, 6.45) is 2.52. The first-order valence-corrected chi connectivity index (χ1v) is 13.7. The third kappa shape index (κ3) is 6.95. The van der Waals surface area contributed by atoms with Gasteiger partial charge in [-0.15, -0.1) is 0 Å². The second-order valence-electron chi connectivity index (χ2n) is 8.46. The van der Waals surface area contributed by atoms with Crippen LogP contribution >= 0.6 is 35.6 Å². The Kier molecular flexibility index (Phi) is 9.44. The maximum atomic E-state index is 13.0. The van der Waals surface area contributed by atoms with Crippen molar-refractivity contribution >= 4 is 63.5 Å². The molecule has 0 spiro atoms. The summed E-state index contributed by atoms with van der Waals surface area (Å²) >= 11 is 12.9.